The van der Waals surface area contributed by atoms with Crippen LogP contribution >= 0.6 is 0 Å². The van der Waals surface area contributed by atoms with Crippen molar-refractivity contribution in [3.05, 3.63) is 40.4 Å². The highest BCUT2D eigenvalue weighted by molar-refractivity contribution is 7.89. The maximum absolute atomic E-state index is 12.1. The molecule has 0 aliphatic heterocycles. The molecule has 0 atom stereocenters. The predicted octanol–water partition coefficient (Wildman–Crippen LogP) is 0.763. The first-order valence-electron chi connectivity index (χ1n) is 6.36. The second kappa shape index (κ2) is 5.72. The number of sulfonamides is 1. The van der Waals surface area contributed by atoms with E-state index in [0.717, 1.165) is 0 Å². The summed E-state index contributed by atoms with van der Waals surface area (Å²) in [5.41, 5.74) is 0.389. The quantitative estimate of drug-likeness (QED) is 0.883. The van der Waals surface area contributed by atoms with Gasteiger partial charge in [0.1, 0.15) is 5.82 Å². The molecule has 1 aromatic carbocycles. The normalized spacial score (nSPS) is 11.9. The van der Waals surface area contributed by atoms with Crippen molar-refractivity contribution in [3.8, 4) is 0 Å². The third-order valence-electron chi connectivity index (χ3n) is 3.00. The summed E-state index contributed by atoms with van der Waals surface area (Å²) < 4.78 is 27.1. The number of benzene rings is 1. The first kappa shape index (κ1) is 14.7. The van der Waals surface area contributed by atoms with Crippen LogP contribution in [0, 0.1) is 0 Å². The maximum Gasteiger partial charge on any atom is 0.261 e. The molecule has 1 aromatic heterocycles. The molecular formula is C13H17N3O3S. The zero-order valence-electron chi connectivity index (χ0n) is 11.5. The van der Waals surface area contributed by atoms with Crippen molar-refractivity contribution in [1.82, 2.24) is 14.3 Å². The van der Waals surface area contributed by atoms with Gasteiger partial charge in [-0.3, -0.25) is 9.36 Å². The molecular weight excluding hydrogens is 278 g/mol. The number of hydrogen-bond donors (Lipinski definition) is 1. The number of fused-ring (bicyclic) bond motifs is 1. The van der Waals surface area contributed by atoms with Gasteiger partial charge in [-0.05, 0) is 18.6 Å². The Kier molecular flexibility index (Phi) is 4.20. The fraction of sp³-hybridized carbons (Fsp3) is 0.385. The highest BCUT2D eigenvalue weighted by Gasteiger charge is 2.12. The first-order valence-corrected chi connectivity index (χ1v) is 8.02. The molecule has 0 fully saturated rings. The van der Waals surface area contributed by atoms with Gasteiger partial charge in [-0.15, -0.1) is 0 Å². The Labute approximate surface area is 117 Å². The largest absolute Gasteiger partial charge is 0.298 e. The van der Waals surface area contributed by atoms with Crippen molar-refractivity contribution >= 4 is 20.9 Å². The van der Waals surface area contributed by atoms with Crippen LogP contribution in [-0.2, 0) is 23.6 Å². The van der Waals surface area contributed by atoms with E-state index in [0.29, 0.717) is 23.1 Å². The highest BCUT2D eigenvalue weighted by Crippen LogP contribution is 2.07. The number of para-hydroxylation sites is 1. The van der Waals surface area contributed by atoms with Crippen molar-refractivity contribution in [3.63, 3.8) is 0 Å². The Balaban J connectivity index is 2.36. The van der Waals surface area contributed by atoms with E-state index in [1.54, 1.807) is 38.2 Å². The number of hydrogen-bond acceptors (Lipinski definition) is 4. The van der Waals surface area contributed by atoms with Crippen LogP contribution in [0.3, 0.4) is 0 Å². The van der Waals surface area contributed by atoms with Gasteiger partial charge in [0.15, 0.2) is 0 Å². The molecule has 0 radical (unpaired) electrons. The third kappa shape index (κ3) is 3.05. The van der Waals surface area contributed by atoms with Gasteiger partial charge in [-0.1, -0.05) is 19.1 Å². The number of rotatable bonds is 5. The van der Waals surface area contributed by atoms with Crippen LogP contribution in [0.4, 0.5) is 0 Å². The minimum absolute atomic E-state index is 0.0128. The molecule has 108 valence electrons. The molecule has 0 bridgehead atoms. The van der Waals surface area contributed by atoms with Crippen molar-refractivity contribution in [1.29, 1.82) is 0 Å². The molecule has 0 aliphatic carbocycles. The average molecular weight is 295 g/mol. The molecule has 20 heavy (non-hydrogen) atoms. The van der Waals surface area contributed by atoms with E-state index < -0.39 is 10.0 Å². The maximum atomic E-state index is 12.1. The van der Waals surface area contributed by atoms with Crippen molar-refractivity contribution < 1.29 is 8.42 Å². The van der Waals surface area contributed by atoms with Crippen molar-refractivity contribution in [2.45, 2.75) is 19.9 Å². The van der Waals surface area contributed by atoms with Gasteiger partial charge >= 0.3 is 0 Å². The molecule has 7 heteroatoms. The molecule has 0 spiro atoms. The zero-order chi connectivity index (χ0) is 14.8. The molecule has 1 N–H and O–H groups in total. The Hall–Kier alpha value is -1.73. The van der Waals surface area contributed by atoms with Gasteiger partial charge in [-0.2, -0.15) is 0 Å². The van der Waals surface area contributed by atoms with Crippen molar-refractivity contribution in [2.24, 2.45) is 7.05 Å². The summed E-state index contributed by atoms with van der Waals surface area (Å²) in [6.45, 7) is 1.81. The smallest absolute Gasteiger partial charge is 0.261 e. The fourth-order valence-electron chi connectivity index (χ4n) is 1.94. The van der Waals surface area contributed by atoms with Crippen LogP contribution in [-0.4, -0.2) is 23.7 Å². The number of aromatic nitrogens is 2. The van der Waals surface area contributed by atoms with Crippen LogP contribution in [0.5, 0.6) is 0 Å². The van der Waals surface area contributed by atoms with Crippen LogP contribution in [0.15, 0.2) is 29.1 Å². The van der Waals surface area contributed by atoms with E-state index in [4.69, 9.17) is 0 Å². The van der Waals surface area contributed by atoms with Crippen LogP contribution < -0.4 is 10.3 Å². The molecule has 0 saturated heterocycles. The SMILES string of the molecule is CCCS(=O)(=O)NCc1nc2ccccc2c(=O)n1C. The lowest BCUT2D eigenvalue weighted by atomic mass is 10.2. The topological polar surface area (TPSA) is 81.1 Å². The lowest BCUT2D eigenvalue weighted by Crippen LogP contribution is -2.30. The highest BCUT2D eigenvalue weighted by atomic mass is 32.2. The summed E-state index contributed by atoms with van der Waals surface area (Å²) in [6.07, 6.45) is 0.541. The summed E-state index contributed by atoms with van der Waals surface area (Å²) in [4.78, 5) is 16.5. The van der Waals surface area contributed by atoms with E-state index in [9.17, 15) is 13.2 Å². The zero-order valence-corrected chi connectivity index (χ0v) is 12.3. The minimum atomic E-state index is -3.32. The Morgan fingerprint density at radius 3 is 2.70 bits per heavy atom. The summed E-state index contributed by atoms with van der Waals surface area (Å²) in [5, 5.41) is 0.523. The predicted molar refractivity (Wildman–Crippen MR) is 77.9 cm³/mol. The van der Waals surface area contributed by atoms with Crippen LogP contribution in [0.25, 0.3) is 10.9 Å². The lowest BCUT2D eigenvalue weighted by Gasteiger charge is -2.10. The van der Waals surface area contributed by atoms with Gasteiger partial charge in [0.05, 0.1) is 23.2 Å². The monoisotopic (exact) mass is 295 g/mol. The minimum Gasteiger partial charge on any atom is -0.298 e. The van der Waals surface area contributed by atoms with Gasteiger partial charge in [0, 0.05) is 7.05 Å². The lowest BCUT2D eigenvalue weighted by molar-refractivity contribution is 0.575. The van der Waals surface area contributed by atoms with E-state index in [-0.39, 0.29) is 17.9 Å². The van der Waals surface area contributed by atoms with E-state index in [2.05, 4.69) is 9.71 Å². The van der Waals surface area contributed by atoms with Gasteiger partial charge < -0.3 is 0 Å². The number of nitrogens with one attached hydrogen (secondary N) is 1. The van der Waals surface area contributed by atoms with E-state index in [1.165, 1.54) is 4.57 Å². The second-order valence-electron chi connectivity index (χ2n) is 4.55. The molecule has 6 nitrogen and oxygen atoms in total. The Morgan fingerprint density at radius 1 is 1.30 bits per heavy atom. The number of nitrogens with zero attached hydrogens (tertiary/aromatic N) is 2. The molecule has 0 unspecified atom stereocenters. The standard InChI is InChI=1S/C13H17N3O3S/c1-3-8-20(18,19)14-9-12-15-11-7-5-4-6-10(11)13(17)16(12)2/h4-7,14H,3,8-9H2,1-2H3. The molecule has 2 aromatic rings. The second-order valence-corrected chi connectivity index (χ2v) is 6.48. The molecule has 2 rings (SSSR count). The van der Waals surface area contributed by atoms with Gasteiger partial charge in [0.2, 0.25) is 10.0 Å². The molecule has 0 saturated carbocycles. The van der Waals surface area contributed by atoms with E-state index in [1.807, 2.05) is 0 Å². The summed E-state index contributed by atoms with van der Waals surface area (Å²) in [6, 6.07) is 7.01. The summed E-state index contributed by atoms with van der Waals surface area (Å²) in [7, 11) is -1.73. The van der Waals surface area contributed by atoms with Crippen LogP contribution in [0.2, 0.25) is 0 Å². The van der Waals surface area contributed by atoms with E-state index >= 15 is 0 Å². The Bertz CT molecular complexity index is 781. The Morgan fingerprint density at radius 2 is 2.00 bits per heavy atom. The van der Waals surface area contributed by atoms with Crippen molar-refractivity contribution in [2.75, 3.05) is 5.75 Å². The first-order chi connectivity index (χ1) is 9.44. The van der Waals surface area contributed by atoms with Crippen LogP contribution in [0.1, 0.15) is 19.2 Å². The molecule has 0 amide bonds. The average Bonchev–Trinajstić information content (AvgIpc) is 2.41. The molecule has 1 heterocycles. The fourth-order valence-corrected chi connectivity index (χ4v) is 2.97. The third-order valence-corrected chi connectivity index (χ3v) is 4.53. The molecule has 0 aliphatic rings. The summed E-state index contributed by atoms with van der Waals surface area (Å²) in [5.74, 6) is 0.461. The van der Waals surface area contributed by atoms with Gasteiger partial charge in [-0.25, -0.2) is 18.1 Å². The summed E-state index contributed by atoms with van der Waals surface area (Å²) >= 11 is 0. The van der Waals surface area contributed by atoms with Gasteiger partial charge in [0.25, 0.3) is 5.56 Å².